The summed E-state index contributed by atoms with van der Waals surface area (Å²) in [6.45, 7) is 8.31. The molecule has 182 valence electrons. The molecular weight excluding hydrogens is 440 g/mol. The molecule has 1 unspecified atom stereocenters. The third-order valence-electron chi connectivity index (χ3n) is 4.99. The molecule has 3 aromatic rings. The van der Waals surface area contributed by atoms with E-state index < -0.39 is 18.1 Å². The smallest absolute Gasteiger partial charge is 0.277 e. The number of carbonyl (C=O) groups excluding carboxylic acids is 1. The minimum absolute atomic E-state index is 0.0980. The molecule has 5 N–H and O–H groups in total. The van der Waals surface area contributed by atoms with E-state index in [-0.39, 0.29) is 18.9 Å². The molecule has 1 aromatic carbocycles. The lowest BCUT2D eigenvalue weighted by Crippen LogP contribution is -2.33. The molecule has 0 bridgehead atoms. The van der Waals surface area contributed by atoms with Crippen LogP contribution in [0.3, 0.4) is 0 Å². The Bertz CT molecular complexity index is 1130. The van der Waals surface area contributed by atoms with Gasteiger partial charge < -0.3 is 30.5 Å². The standard InChI is InChI=1S/C23H30N6O5/c1-5-6-25-23-26-14(4)9-17(27-23)22-28-21(29-34-22)15-7-12(2)19(13(3)8-15)33-11-16(30)10-18(31)20(24)32/h7-9,16,18,30-31H,5-6,10-11H2,1-4H3,(H2,24,32)(H,25,26,27)/t16-,18?/m1/s1. The molecule has 0 radical (unpaired) electrons. The van der Waals surface area contributed by atoms with Crippen molar-refractivity contribution in [2.45, 2.75) is 52.7 Å². The summed E-state index contributed by atoms with van der Waals surface area (Å²) in [7, 11) is 0. The lowest BCUT2D eigenvalue weighted by molar-refractivity contribution is -0.127. The van der Waals surface area contributed by atoms with E-state index >= 15 is 0 Å². The number of aliphatic hydroxyl groups is 2. The average molecular weight is 471 g/mol. The molecule has 3 rings (SSSR count). The molecule has 0 spiro atoms. The summed E-state index contributed by atoms with van der Waals surface area (Å²) in [6.07, 6.45) is -1.72. The number of ether oxygens (including phenoxy) is 1. The fraction of sp³-hybridized carbons (Fsp3) is 0.435. The molecule has 0 aliphatic rings. The first kappa shape index (κ1) is 25.1. The van der Waals surface area contributed by atoms with E-state index in [2.05, 4.69) is 32.3 Å². The maximum Gasteiger partial charge on any atom is 0.277 e. The highest BCUT2D eigenvalue weighted by Crippen LogP contribution is 2.30. The third-order valence-corrected chi connectivity index (χ3v) is 4.99. The summed E-state index contributed by atoms with van der Waals surface area (Å²) in [5.41, 5.74) is 8.66. The van der Waals surface area contributed by atoms with Crippen molar-refractivity contribution in [1.82, 2.24) is 20.1 Å². The largest absolute Gasteiger partial charge is 0.490 e. The van der Waals surface area contributed by atoms with Crippen molar-refractivity contribution in [2.75, 3.05) is 18.5 Å². The molecule has 11 nitrogen and oxygen atoms in total. The SMILES string of the molecule is CCCNc1nc(C)cc(-c2nc(-c3cc(C)c(OC[C@H](O)CC(O)C(N)=O)c(C)c3)no2)n1. The van der Waals surface area contributed by atoms with Gasteiger partial charge in [0.2, 0.25) is 17.7 Å². The van der Waals surface area contributed by atoms with Crippen molar-refractivity contribution in [2.24, 2.45) is 5.73 Å². The Hall–Kier alpha value is -3.57. The summed E-state index contributed by atoms with van der Waals surface area (Å²) in [5, 5.41) is 26.8. The Morgan fingerprint density at radius 1 is 1.15 bits per heavy atom. The van der Waals surface area contributed by atoms with Crippen molar-refractivity contribution in [3.05, 3.63) is 35.0 Å². The van der Waals surface area contributed by atoms with Gasteiger partial charge in [0.25, 0.3) is 5.89 Å². The molecule has 1 amide bonds. The number of amides is 1. The van der Waals surface area contributed by atoms with Gasteiger partial charge in [0.05, 0.1) is 6.10 Å². The molecule has 11 heteroatoms. The number of rotatable bonds is 11. The van der Waals surface area contributed by atoms with Crippen LogP contribution in [0, 0.1) is 20.8 Å². The van der Waals surface area contributed by atoms with Crippen LogP contribution in [-0.4, -0.2) is 61.6 Å². The quantitative estimate of drug-likeness (QED) is 0.325. The monoisotopic (exact) mass is 470 g/mol. The minimum atomic E-state index is -1.42. The summed E-state index contributed by atoms with van der Waals surface area (Å²) >= 11 is 0. The first-order chi connectivity index (χ1) is 16.2. The number of aryl methyl sites for hydroxylation is 3. The van der Waals surface area contributed by atoms with Crippen molar-refractivity contribution < 1.29 is 24.3 Å². The van der Waals surface area contributed by atoms with Crippen LogP contribution in [0.25, 0.3) is 23.0 Å². The fourth-order valence-electron chi connectivity index (χ4n) is 3.37. The van der Waals surface area contributed by atoms with Crippen LogP contribution in [0.15, 0.2) is 22.7 Å². The van der Waals surface area contributed by atoms with Gasteiger partial charge in [0.15, 0.2) is 0 Å². The van der Waals surface area contributed by atoms with Gasteiger partial charge >= 0.3 is 0 Å². The Morgan fingerprint density at radius 2 is 1.85 bits per heavy atom. The van der Waals surface area contributed by atoms with Gasteiger partial charge in [-0.25, -0.2) is 9.97 Å². The fourth-order valence-corrected chi connectivity index (χ4v) is 3.37. The Morgan fingerprint density at radius 3 is 2.50 bits per heavy atom. The topological polar surface area (TPSA) is 170 Å². The molecule has 2 aromatic heterocycles. The Labute approximate surface area is 197 Å². The Kier molecular flexibility index (Phi) is 8.13. The second-order valence-electron chi connectivity index (χ2n) is 8.13. The molecule has 0 fully saturated rings. The first-order valence-corrected chi connectivity index (χ1v) is 11.0. The predicted molar refractivity (Wildman–Crippen MR) is 125 cm³/mol. The van der Waals surface area contributed by atoms with Crippen LogP contribution in [0.2, 0.25) is 0 Å². The maximum absolute atomic E-state index is 10.9. The summed E-state index contributed by atoms with van der Waals surface area (Å²) in [5.74, 6) is 0.887. The number of carbonyl (C=O) groups is 1. The zero-order valence-electron chi connectivity index (χ0n) is 19.7. The number of nitrogens with two attached hydrogens (primary N) is 1. The minimum Gasteiger partial charge on any atom is -0.490 e. The van der Waals surface area contributed by atoms with Crippen LogP contribution in [-0.2, 0) is 4.79 Å². The number of hydrogen-bond donors (Lipinski definition) is 4. The molecular formula is C23H30N6O5. The average Bonchev–Trinajstić information content (AvgIpc) is 3.27. The maximum atomic E-state index is 10.9. The number of aromatic nitrogens is 4. The first-order valence-electron chi connectivity index (χ1n) is 11.0. The van der Waals surface area contributed by atoms with Gasteiger partial charge in [-0.3, -0.25) is 4.79 Å². The van der Waals surface area contributed by atoms with Crippen LogP contribution in [0.4, 0.5) is 5.95 Å². The molecule has 0 aliphatic heterocycles. The van der Waals surface area contributed by atoms with Crippen LogP contribution in [0.1, 0.15) is 36.6 Å². The second-order valence-corrected chi connectivity index (χ2v) is 8.13. The van der Waals surface area contributed by atoms with Gasteiger partial charge in [0.1, 0.15) is 24.2 Å². The zero-order chi connectivity index (χ0) is 24.8. The lowest BCUT2D eigenvalue weighted by atomic mass is 10.1. The number of benzene rings is 1. The van der Waals surface area contributed by atoms with Crippen LogP contribution < -0.4 is 15.8 Å². The molecule has 0 saturated heterocycles. The van der Waals surface area contributed by atoms with Crippen molar-refractivity contribution in [3.8, 4) is 28.7 Å². The van der Waals surface area contributed by atoms with E-state index in [1.807, 2.05) is 32.9 Å². The van der Waals surface area contributed by atoms with Gasteiger partial charge in [-0.15, -0.1) is 0 Å². The van der Waals surface area contributed by atoms with Crippen molar-refractivity contribution in [1.29, 1.82) is 0 Å². The molecule has 0 aliphatic carbocycles. The van der Waals surface area contributed by atoms with Crippen molar-refractivity contribution >= 4 is 11.9 Å². The summed E-state index contributed by atoms with van der Waals surface area (Å²) < 4.78 is 11.2. The number of nitrogens with zero attached hydrogens (tertiary/aromatic N) is 4. The van der Waals surface area contributed by atoms with E-state index in [0.29, 0.717) is 23.2 Å². The molecule has 2 atom stereocenters. The Balaban J connectivity index is 1.76. The predicted octanol–water partition coefficient (Wildman–Crippen LogP) is 1.92. The number of aliphatic hydroxyl groups excluding tert-OH is 2. The second kappa shape index (κ2) is 11.0. The van der Waals surface area contributed by atoms with E-state index in [9.17, 15) is 15.0 Å². The van der Waals surface area contributed by atoms with Crippen LogP contribution >= 0.6 is 0 Å². The summed E-state index contributed by atoms with van der Waals surface area (Å²) in [4.78, 5) is 24.3. The molecule has 34 heavy (non-hydrogen) atoms. The number of anilines is 1. The van der Waals surface area contributed by atoms with Gasteiger partial charge in [-0.05, 0) is 56.5 Å². The zero-order valence-corrected chi connectivity index (χ0v) is 19.7. The van der Waals surface area contributed by atoms with Gasteiger partial charge in [-0.2, -0.15) is 4.98 Å². The molecule has 0 saturated carbocycles. The highest BCUT2D eigenvalue weighted by molar-refractivity contribution is 5.78. The van der Waals surface area contributed by atoms with Crippen molar-refractivity contribution in [3.63, 3.8) is 0 Å². The van der Waals surface area contributed by atoms with Gasteiger partial charge in [0, 0.05) is 24.2 Å². The highest BCUT2D eigenvalue weighted by Gasteiger charge is 2.19. The number of nitrogens with one attached hydrogen (secondary N) is 1. The van der Waals surface area contributed by atoms with E-state index in [0.717, 1.165) is 35.3 Å². The van der Waals surface area contributed by atoms with Gasteiger partial charge in [-0.1, -0.05) is 12.1 Å². The lowest BCUT2D eigenvalue weighted by Gasteiger charge is -2.17. The van der Waals surface area contributed by atoms with E-state index in [1.54, 1.807) is 6.07 Å². The van der Waals surface area contributed by atoms with E-state index in [1.165, 1.54) is 0 Å². The normalized spacial score (nSPS) is 12.9. The number of primary amides is 1. The number of hydrogen-bond acceptors (Lipinski definition) is 10. The summed E-state index contributed by atoms with van der Waals surface area (Å²) in [6, 6.07) is 5.48. The highest BCUT2D eigenvalue weighted by atomic mass is 16.5. The van der Waals surface area contributed by atoms with Crippen LogP contribution in [0.5, 0.6) is 5.75 Å². The third kappa shape index (κ3) is 6.27. The molecule has 2 heterocycles. The van der Waals surface area contributed by atoms with E-state index in [4.69, 9.17) is 15.0 Å².